The molecule has 0 radical (unpaired) electrons. The fourth-order valence-electron chi connectivity index (χ4n) is 0.938. The maximum absolute atomic E-state index is 10.8. The molecule has 0 saturated carbocycles. The number of ether oxygens (including phenoxy) is 3. The molecule has 0 amide bonds. The second-order valence-corrected chi connectivity index (χ2v) is 3.27. The van der Waals surface area contributed by atoms with E-state index in [0.717, 1.165) is 0 Å². The zero-order valence-corrected chi connectivity index (χ0v) is 11.2. The van der Waals surface area contributed by atoms with Gasteiger partial charge in [0.2, 0.25) is 0 Å². The van der Waals surface area contributed by atoms with Crippen LogP contribution in [0.25, 0.3) is 0 Å². The van der Waals surface area contributed by atoms with E-state index in [1.807, 2.05) is 0 Å². The first-order chi connectivity index (χ1) is 9.45. The van der Waals surface area contributed by atoms with Crippen molar-refractivity contribution in [2.24, 2.45) is 0 Å². The van der Waals surface area contributed by atoms with Gasteiger partial charge < -0.3 is 19.3 Å². The van der Waals surface area contributed by atoms with Crippen molar-refractivity contribution in [2.45, 2.75) is 13.8 Å². The SMILES string of the molecule is CCOC(C)=O.O=C(O)COC(=O)Oc1ccccc1. The molecular formula is C13H16O7. The Labute approximate surface area is 116 Å². The van der Waals surface area contributed by atoms with Crippen LogP contribution in [0.15, 0.2) is 30.3 Å². The number of rotatable bonds is 4. The number of esters is 1. The summed E-state index contributed by atoms with van der Waals surface area (Å²) in [7, 11) is 0. The van der Waals surface area contributed by atoms with Gasteiger partial charge in [-0.25, -0.2) is 9.59 Å². The van der Waals surface area contributed by atoms with Crippen LogP contribution in [0.1, 0.15) is 13.8 Å². The molecule has 1 aromatic rings. The average molecular weight is 284 g/mol. The van der Waals surface area contributed by atoms with Crippen LogP contribution >= 0.6 is 0 Å². The third kappa shape index (κ3) is 10.6. The van der Waals surface area contributed by atoms with Crippen LogP contribution in [0.2, 0.25) is 0 Å². The molecule has 0 saturated heterocycles. The average Bonchev–Trinajstić information content (AvgIpc) is 2.38. The number of carbonyl (C=O) groups excluding carboxylic acids is 2. The Kier molecular flexibility index (Phi) is 9.03. The van der Waals surface area contributed by atoms with Gasteiger partial charge in [-0.1, -0.05) is 18.2 Å². The predicted molar refractivity (Wildman–Crippen MR) is 68.4 cm³/mol. The first-order valence-electron chi connectivity index (χ1n) is 5.70. The molecule has 0 heterocycles. The molecule has 1 N–H and O–H groups in total. The second-order valence-electron chi connectivity index (χ2n) is 3.27. The van der Waals surface area contributed by atoms with E-state index in [2.05, 4.69) is 14.2 Å². The molecular weight excluding hydrogens is 268 g/mol. The summed E-state index contributed by atoms with van der Waals surface area (Å²) in [5.74, 6) is -1.13. The van der Waals surface area contributed by atoms with Gasteiger partial charge in [0.15, 0.2) is 6.61 Å². The van der Waals surface area contributed by atoms with E-state index >= 15 is 0 Å². The molecule has 0 bridgehead atoms. The number of benzene rings is 1. The van der Waals surface area contributed by atoms with Gasteiger partial charge in [0, 0.05) is 6.92 Å². The van der Waals surface area contributed by atoms with Crippen molar-refractivity contribution in [1.29, 1.82) is 0 Å². The van der Waals surface area contributed by atoms with Crippen molar-refractivity contribution in [2.75, 3.05) is 13.2 Å². The summed E-state index contributed by atoms with van der Waals surface area (Å²) in [5.41, 5.74) is 0. The van der Waals surface area contributed by atoms with Crippen molar-refractivity contribution in [3.05, 3.63) is 30.3 Å². The number of para-hydroxylation sites is 1. The highest BCUT2D eigenvalue weighted by molar-refractivity contribution is 5.72. The molecule has 1 rings (SSSR count). The fourth-order valence-corrected chi connectivity index (χ4v) is 0.938. The number of carbonyl (C=O) groups is 3. The lowest BCUT2D eigenvalue weighted by Gasteiger charge is -2.02. The minimum atomic E-state index is -1.23. The van der Waals surface area contributed by atoms with Crippen molar-refractivity contribution in [3.63, 3.8) is 0 Å². The molecule has 0 unspecified atom stereocenters. The largest absolute Gasteiger partial charge is 0.514 e. The Bertz CT molecular complexity index is 428. The Morgan fingerprint density at radius 1 is 1.10 bits per heavy atom. The quantitative estimate of drug-likeness (QED) is 0.665. The highest BCUT2D eigenvalue weighted by Crippen LogP contribution is 2.08. The molecule has 0 aliphatic heterocycles. The maximum Gasteiger partial charge on any atom is 0.514 e. The minimum Gasteiger partial charge on any atom is -0.479 e. The van der Waals surface area contributed by atoms with Gasteiger partial charge in [0.05, 0.1) is 6.61 Å². The predicted octanol–water partition coefficient (Wildman–Crippen LogP) is 1.86. The Morgan fingerprint density at radius 3 is 2.10 bits per heavy atom. The number of aliphatic carboxylic acids is 1. The van der Waals surface area contributed by atoms with E-state index in [0.29, 0.717) is 12.4 Å². The van der Waals surface area contributed by atoms with Crippen LogP contribution in [0.4, 0.5) is 4.79 Å². The number of hydrogen-bond donors (Lipinski definition) is 1. The Hall–Kier alpha value is -2.57. The minimum absolute atomic E-state index is 0.211. The normalized spacial score (nSPS) is 8.70. The van der Waals surface area contributed by atoms with Crippen LogP contribution in [-0.2, 0) is 19.1 Å². The Balaban J connectivity index is 0.000000511. The van der Waals surface area contributed by atoms with Gasteiger partial charge in [-0.2, -0.15) is 0 Å². The molecule has 1 aromatic carbocycles. The molecule has 7 nitrogen and oxygen atoms in total. The van der Waals surface area contributed by atoms with E-state index < -0.39 is 18.7 Å². The van der Waals surface area contributed by atoms with Crippen molar-refractivity contribution < 1.29 is 33.7 Å². The topological polar surface area (TPSA) is 99.1 Å². The number of carboxylic acid groups (broad SMARTS) is 1. The zero-order valence-electron chi connectivity index (χ0n) is 11.2. The summed E-state index contributed by atoms with van der Waals surface area (Å²) >= 11 is 0. The van der Waals surface area contributed by atoms with Crippen molar-refractivity contribution in [3.8, 4) is 5.75 Å². The van der Waals surface area contributed by atoms with E-state index in [4.69, 9.17) is 5.11 Å². The van der Waals surface area contributed by atoms with Gasteiger partial charge in [-0.3, -0.25) is 4.79 Å². The smallest absolute Gasteiger partial charge is 0.479 e. The standard InChI is InChI=1S/C9H8O5.C4H8O2/c10-8(11)6-13-9(12)14-7-4-2-1-3-5-7;1-3-6-4(2)5/h1-5H,6H2,(H,10,11);3H2,1-2H3. The van der Waals surface area contributed by atoms with Crippen LogP contribution in [-0.4, -0.2) is 36.4 Å². The van der Waals surface area contributed by atoms with Crippen molar-refractivity contribution in [1.82, 2.24) is 0 Å². The van der Waals surface area contributed by atoms with E-state index in [1.54, 1.807) is 37.3 Å². The zero-order chi connectivity index (χ0) is 15.4. The maximum atomic E-state index is 10.8. The second kappa shape index (κ2) is 10.4. The number of carboxylic acids is 1. The van der Waals surface area contributed by atoms with Crippen LogP contribution in [0.3, 0.4) is 0 Å². The third-order valence-electron chi connectivity index (χ3n) is 1.61. The number of hydrogen-bond acceptors (Lipinski definition) is 6. The lowest BCUT2D eigenvalue weighted by Crippen LogP contribution is -2.16. The van der Waals surface area contributed by atoms with Gasteiger partial charge in [0.1, 0.15) is 5.75 Å². The lowest BCUT2D eigenvalue weighted by molar-refractivity contribution is -0.141. The van der Waals surface area contributed by atoms with Crippen molar-refractivity contribution >= 4 is 18.1 Å². The molecule has 20 heavy (non-hydrogen) atoms. The van der Waals surface area contributed by atoms with Crippen LogP contribution < -0.4 is 4.74 Å². The molecule has 0 aliphatic rings. The van der Waals surface area contributed by atoms with Gasteiger partial charge in [-0.05, 0) is 19.1 Å². The van der Waals surface area contributed by atoms with Gasteiger partial charge >= 0.3 is 18.1 Å². The summed E-state index contributed by atoms with van der Waals surface area (Å²) in [5, 5.41) is 8.20. The molecule has 0 atom stereocenters. The Morgan fingerprint density at radius 2 is 1.70 bits per heavy atom. The summed E-state index contributed by atoms with van der Waals surface area (Å²) in [6, 6.07) is 8.24. The molecule has 0 aliphatic carbocycles. The monoisotopic (exact) mass is 284 g/mol. The van der Waals surface area contributed by atoms with E-state index in [-0.39, 0.29) is 5.97 Å². The third-order valence-corrected chi connectivity index (χ3v) is 1.61. The van der Waals surface area contributed by atoms with Crippen LogP contribution in [0.5, 0.6) is 5.75 Å². The summed E-state index contributed by atoms with van der Waals surface area (Å²) < 4.78 is 13.3. The van der Waals surface area contributed by atoms with Gasteiger partial charge in [-0.15, -0.1) is 0 Å². The van der Waals surface area contributed by atoms with Gasteiger partial charge in [0.25, 0.3) is 0 Å². The van der Waals surface area contributed by atoms with E-state index in [1.165, 1.54) is 6.92 Å². The molecule has 7 heteroatoms. The highest BCUT2D eigenvalue weighted by atomic mass is 16.7. The summed E-state index contributed by atoms with van der Waals surface area (Å²) in [6.07, 6.45) is -1.03. The summed E-state index contributed by atoms with van der Waals surface area (Å²) in [4.78, 5) is 30.7. The molecule has 0 aromatic heterocycles. The summed E-state index contributed by atoms with van der Waals surface area (Å²) in [6.45, 7) is 2.95. The molecule has 0 fully saturated rings. The fraction of sp³-hybridized carbons (Fsp3) is 0.308. The molecule has 110 valence electrons. The van der Waals surface area contributed by atoms with E-state index in [9.17, 15) is 14.4 Å². The molecule has 0 spiro atoms. The van der Waals surface area contributed by atoms with Crippen LogP contribution in [0, 0.1) is 0 Å². The lowest BCUT2D eigenvalue weighted by atomic mass is 10.3. The first kappa shape index (κ1) is 17.4. The highest BCUT2D eigenvalue weighted by Gasteiger charge is 2.07. The first-order valence-corrected chi connectivity index (χ1v) is 5.70.